The van der Waals surface area contributed by atoms with Crippen molar-refractivity contribution in [2.24, 2.45) is 5.73 Å². The van der Waals surface area contributed by atoms with Gasteiger partial charge in [-0.05, 0) is 48.4 Å². The fourth-order valence-corrected chi connectivity index (χ4v) is 2.36. The molecule has 2 aromatic carbocycles. The predicted molar refractivity (Wildman–Crippen MR) is 93.3 cm³/mol. The molecule has 1 heterocycles. The lowest BCUT2D eigenvalue weighted by Crippen LogP contribution is -2.14. The normalized spacial score (nSPS) is 10.6. The van der Waals surface area contributed by atoms with Crippen LogP contribution >= 0.6 is 0 Å². The van der Waals surface area contributed by atoms with E-state index >= 15 is 0 Å². The Bertz CT molecular complexity index is 939. The summed E-state index contributed by atoms with van der Waals surface area (Å²) in [4.78, 5) is 27.3. The number of nitrogens with one attached hydrogen (secondary N) is 1. The second-order valence-corrected chi connectivity index (χ2v) is 5.49. The maximum atomic E-state index is 12.8. The zero-order chi connectivity index (χ0) is 17.8. The van der Waals surface area contributed by atoms with E-state index in [2.05, 4.69) is 10.3 Å². The number of nitrogens with zero attached hydrogens (tertiary/aromatic N) is 1. The lowest BCUT2D eigenvalue weighted by Gasteiger charge is -2.07. The molecule has 25 heavy (non-hydrogen) atoms. The third-order valence-electron chi connectivity index (χ3n) is 3.65. The predicted octanol–water partition coefficient (Wildman–Crippen LogP) is 2.86. The highest BCUT2D eigenvalue weighted by atomic mass is 19.1. The van der Waals surface area contributed by atoms with Crippen molar-refractivity contribution in [1.82, 2.24) is 4.98 Å². The number of benzene rings is 2. The summed E-state index contributed by atoms with van der Waals surface area (Å²) in [5, 5.41) is 3.54. The van der Waals surface area contributed by atoms with Gasteiger partial charge in [-0.1, -0.05) is 18.2 Å². The summed E-state index contributed by atoms with van der Waals surface area (Å²) in [5.74, 6) is -1.16. The number of anilines is 1. The van der Waals surface area contributed by atoms with Gasteiger partial charge in [0.05, 0.1) is 11.9 Å². The number of hydrogen-bond acceptors (Lipinski definition) is 3. The van der Waals surface area contributed by atoms with E-state index in [-0.39, 0.29) is 17.4 Å². The first-order valence-corrected chi connectivity index (χ1v) is 7.60. The fraction of sp³-hybridized carbons (Fsp3) is 0.0526. The first kappa shape index (κ1) is 16.6. The quantitative estimate of drug-likeness (QED) is 0.751. The number of nitrogens with two attached hydrogens (primary N) is 1. The van der Waals surface area contributed by atoms with E-state index in [4.69, 9.17) is 5.73 Å². The Morgan fingerprint density at radius 1 is 1.08 bits per heavy atom. The van der Waals surface area contributed by atoms with Crippen molar-refractivity contribution in [3.8, 4) is 0 Å². The number of carbonyl (C=O) groups is 2. The maximum Gasteiger partial charge on any atom is 0.267 e. The van der Waals surface area contributed by atoms with Crippen LogP contribution in [-0.4, -0.2) is 16.8 Å². The first-order valence-electron chi connectivity index (χ1n) is 7.60. The monoisotopic (exact) mass is 336 g/mol. The van der Waals surface area contributed by atoms with E-state index in [9.17, 15) is 14.0 Å². The minimum Gasteiger partial charge on any atom is -0.364 e. The van der Waals surface area contributed by atoms with Crippen LogP contribution in [0.3, 0.4) is 0 Å². The second-order valence-electron chi connectivity index (χ2n) is 5.49. The molecular weight excluding hydrogens is 321 g/mol. The molecule has 1 radical (unpaired) electrons. The standard InChI is InChI=1S/C19H15FN3O2/c20-14-5-1-12(2-6-14)3-10-18(24)22-15-7-9-16-13(11-15)4-8-17(23-16)19(21)25/h1-2,4-11H,3H2,(H2,21,25)(H,22,24). The lowest BCUT2D eigenvalue weighted by molar-refractivity contribution is -0.113. The van der Waals surface area contributed by atoms with Gasteiger partial charge in [0.1, 0.15) is 11.5 Å². The van der Waals surface area contributed by atoms with Crippen LogP contribution in [0.1, 0.15) is 16.1 Å². The van der Waals surface area contributed by atoms with E-state index < -0.39 is 5.91 Å². The van der Waals surface area contributed by atoms with Gasteiger partial charge in [-0.15, -0.1) is 0 Å². The van der Waals surface area contributed by atoms with Gasteiger partial charge in [0.2, 0.25) is 5.91 Å². The van der Waals surface area contributed by atoms with Gasteiger partial charge in [-0.3, -0.25) is 9.59 Å². The molecule has 0 aliphatic carbocycles. The van der Waals surface area contributed by atoms with E-state index in [1.54, 1.807) is 36.4 Å². The van der Waals surface area contributed by atoms with Crippen molar-refractivity contribution < 1.29 is 14.0 Å². The van der Waals surface area contributed by atoms with Gasteiger partial charge >= 0.3 is 0 Å². The van der Waals surface area contributed by atoms with Crippen LogP contribution in [0.25, 0.3) is 10.9 Å². The van der Waals surface area contributed by atoms with Crippen molar-refractivity contribution in [3.63, 3.8) is 0 Å². The van der Waals surface area contributed by atoms with Crippen molar-refractivity contribution in [2.75, 3.05) is 5.32 Å². The average molecular weight is 336 g/mol. The molecule has 1 aromatic heterocycles. The van der Waals surface area contributed by atoms with Crippen molar-refractivity contribution >= 4 is 28.4 Å². The number of rotatable bonds is 5. The van der Waals surface area contributed by atoms with E-state index in [1.807, 2.05) is 0 Å². The Morgan fingerprint density at radius 2 is 1.84 bits per heavy atom. The van der Waals surface area contributed by atoms with Gasteiger partial charge in [0.15, 0.2) is 0 Å². The Kier molecular flexibility index (Phi) is 4.70. The maximum absolute atomic E-state index is 12.8. The SMILES string of the molecule is NC(=O)c1ccc2cc(NC(=O)[CH]Cc3ccc(F)cc3)ccc2n1. The summed E-state index contributed by atoms with van der Waals surface area (Å²) in [7, 11) is 0. The third-order valence-corrected chi connectivity index (χ3v) is 3.65. The Labute approximate surface area is 143 Å². The van der Waals surface area contributed by atoms with Crippen molar-refractivity contribution in [3.05, 3.63) is 78.1 Å². The second kappa shape index (κ2) is 7.09. The fourth-order valence-electron chi connectivity index (χ4n) is 2.36. The van der Waals surface area contributed by atoms with Crippen LogP contribution in [0.2, 0.25) is 0 Å². The molecule has 0 saturated heterocycles. The van der Waals surface area contributed by atoms with Gasteiger partial charge in [0, 0.05) is 11.1 Å². The molecule has 3 aromatic rings. The average Bonchev–Trinajstić information content (AvgIpc) is 2.60. The topological polar surface area (TPSA) is 85.1 Å². The molecule has 0 fully saturated rings. The third kappa shape index (κ3) is 4.17. The highest BCUT2D eigenvalue weighted by Crippen LogP contribution is 2.18. The molecule has 0 aliphatic rings. The molecule has 3 rings (SSSR count). The summed E-state index contributed by atoms with van der Waals surface area (Å²) in [5.41, 5.74) is 7.47. The number of hydrogen-bond donors (Lipinski definition) is 2. The highest BCUT2D eigenvalue weighted by molar-refractivity contribution is 5.99. The molecule has 2 amide bonds. The number of aromatic nitrogens is 1. The number of fused-ring (bicyclic) bond motifs is 1. The highest BCUT2D eigenvalue weighted by Gasteiger charge is 2.07. The number of primary amides is 1. The minimum absolute atomic E-state index is 0.192. The summed E-state index contributed by atoms with van der Waals surface area (Å²) < 4.78 is 12.8. The molecule has 3 N–H and O–H groups in total. The largest absolute Gasteiger partial charge is 0.364 e. The van der Waals surface area contributed by atoms with Gasteiger partial charge in [0.25, 0.3) is 5.91 Å². The Hall–Kier alpha value is -3.28. The van der Waals surface area contributed by atoms with Gasteiger partial charge in [-0.25, -0.2) is 9.37 Å². The summed E-state index contributed by atoms with van der Waals surface area (Å²) >= 11 is 0. The lowest BCUT2D eigenvalue weighted by atomic mass is 10.1. The summed E-state index contributed by atoms with van der Waals surface area (Å²) in [6, 6.07) is 14.4. The van der Waals surface area contributed by atoms with E-state index in [0.717, 1.165) is 10.9 Å². The Balaban J connectivity index is 1.65. The molecule has 0 saturated carbocycles. The summed E-state index contributed by atoms with van der Waals surface area (Å²) in [6.45, 7) is 0. The van der Waals surface area contributed by atoms with Crippen LogP contribution in [0, 0.1) is 12.2 Å². The molecule has 0 aliphatic heterocycles. The van der Waals surface area contributed by atoms with Crippen LogP contribution in [0.4, 0.5) is 10.1 Å². The van der Waals surface area contributed by atoms with Crippen LogP contribution < -0.4 is 11.1 Å². The molecule has 0 spiro atoms. The molecule has 0 bridgehead atoms. The molecule has 0 unspecified atom stereocenters. The number of amides is 2. The van der Waals surface area contributed by atoms with E-state index in [0.29, 0.717) is 17.6 Å². The zero-order valence-electron chi connectivity index (χ0n) is 13.2. The number of carbonyl (C=O) groups excluding carboxylic acids is 2. The van der Waals surface area contributed by atoms with Crippen molar-refractivity contribution in [2.45, 2.75) is 6.42 Å². The first-order chi connectivity index (χ1) is 12.0. The molecule has 0 atom stereocenters. The molecule has 6 heteroatoms. The van der Waals surface area contributed by atoms with Gasteiger partial charge in [-0.2, -0.15) is 0 Å². The zero-order valence-corrected chi connectivity index (χ0v) is 13.2. The molecule has 125 valence electrons. The minimum atomic E-state index is -0.588. The number of halogens is 1. The van der Waals surface area contributed by atoms with Crippen molar-refractivity contribution in [1.29, 1.82) is 0 Å². The van der Waals surface area contributed by atoms with E-state index in [1.165, 1.54) is 24.6 Å². The number of pyridine rings is 1. The molecule has 5 nitrogen and oxygen atoms in total. The summed E-state index contributed by atoms with van der Waals surface area (Å²) in [6.07, 6.45) is 1.90. The van der Waals surface area contributed by atoms with Gasteiger partial charge < -0.3 is 11.1 Å². The van der Waals surface area contributed by atoms with Crippen LogP contribution in [-0.2, 0) is 11.2 Å². The smallest absolute Gasteiger partial charge is 0.267 e. The Morgan fingerprint density at radius 3 is 2.56 bits per heavy atom. The van der Waals surface area contributed by atoms with Crippen LogP contribution in [0.15, 0.2) is 54.6 Å². The molecular formula is C19H15FN3O2. The van der Waals surface area contributed by atoms with Crippen LogP contribution in [0.5, 0.6) is 0 Å².